The van der Waals surface area contributed by atoms with Crippen molar-refractivity contribution in [3.8, 4) is 22.8 Å². The van der Waals surface area contributed by atoms with E-state index in [1.165, 1.54) is 13.2 Å². The van der Waals surface area contributed by atoms with Crippen molar-refractivity contribution < 1.29 is 19.5 Å². The van der Waals surface area contributed by atoms with E-state index in [0.29, 0.717) is 28.0 Å². The van der Waals surface area contributed by atoms with Crippen LogP contribution < -0.4 is 10.1 Å². The largest absolute Gasteiger partial charge is 0.504 e. The first-order chi connectivity index (χ1) is 11.0. The van der Waals surface area contributed by atoms with Crippen LogP contribution >= 0.6 is 0 Å². The average molecular weight is 311 g/mol. The predicted molar refractivity (Wildman–Crippen MR) is 86.7 cm³/mol. The van der Waals surface area contributed by atoms with Gasteiger partial charge in [0.25, 0.3) is 0 Å². The zero-order valence-electron chi connectivity index (χ0n) is 13.1. The third-order valence-corrected chi connectivity index (χ3v) is 3.76. The molecule has 0 aliphatic heterocycles. The first-order valence-corrected chi connectivity index (χ1v) is 7.14. The minimum absolute atomic E-state index is 0.0517. The third kappa shape index (κ3) is 2.61. The van der Waals surface area contributed by atoms with Crippen LogP contribution in [0.25, 0.3) is 22.3 Å². The van der Waals surface area contributed by atoms with Crippen molar-refractivity contribution in [2.75, 3.05) is 7.11 Å². The van der Waals surface area contributed by atoms with Gasteiger partial charge in [0.05, 0.1) is 7.11 Å². The van der Waals surface area contributed by atoms with Crippen molar-refractivity contribution in [1.29, 1.82) is 0 Å². The molecule has 0 fully saturated rings. The summed E-state index contributed by atoms with van der Waals surface area (Å²) in [5.74, 6) is 0.921. The lowest BCUT2D eigenvalue weighted by molar-refractivity contribution is 0.302. The van der Waals surface area contributed by atoms with Crippen molar-refractivity contribution in [3.05, 3.63) is 52.9 Å². The molecule has 3 rings (SSSR count). The molecule has 5 heteroatoms. The number of aryl methyl sites for hydroxylation is 2. The number of aromatic hydroxyl groups is 1. The van der Waals surface area contributed by atoms with Crippen LogP contribution in [0.15, 0.2) is 46.0 Å². The fraction of sp³-hybridized carbons (Fsp3) is 0.167. The van der Waals surface area contributed by atoms with Crippen molar-refractivity contribution in [2.24, 2.45) is 5.16 Å². The zero-order valence-corrected chi connectivity index (χ0v) is 13.1. The van der Waals surface area contributed by atoms with Crippen LogP contribution in [-0.4, -0.2) is 17.4 Å². The lowest BCUT2D eigenvalue weighted by atomic mass is 10.0. The Kier molecular flexibility index (Phi) is 3.70. The van der Waals surface area contributed by atoms with Gasteiger partial charge in [0.1, 0.15) is 16.7 Å². The number of benzene rings is 2. The number of phenols is 1. The van der Waals surface area contributed by atoms with Crippen molar-refractivity contribution in [2.45, 2.75) is 13.8 Å². The summed E-state index contributed by atoms with van der Waals surface area (Å²) in [4.78, 5) is 0. The van der Waals surface area contributed by atoms with Crippen molar-refractivity contribution in [3.63, 3.8) is 0 Å². The molecular weight excluding hydrogens is 294 g/mol. The molecule has 2 aromatic carbocycles. The Bertz CT molecular complexity index is 957. The maximum atomic E-state index is 9.71. The van der Waals surface area contributed by atoms with E-state index in [2.05, 4.69) is 5.16 Å². The predicted octanol–water partition coefficient (Wildman–Crippen LogP) is 3.72. The number of phenolic OH excluding ortho intramolecular Hbond substituents is 1. The third-order valence-electron chi connectivity index (χ3n) is 3.76. The van der Waals surface area contributed by atoms with E-state index in [-0.39, 0.29) is 5.75 Å². The molecule has 1 aromatic heterocycles. The van der Waals surface area contributed by atoms with E-state index in [1.807, 2.05) is 26.0 Å². The summed E-state index contributed by atoms with van der Waals surface area (Å²) >= 11 is 0. The Morgan fingerprint density at radius 2 is 1.87 bits per heavy atom. The molecule has 2 N–H and O–H groups in total. The monoisotopic (exact) mass is 311 g/mol. The molecule has 0 radical (unpaired) electrons. The second kappa shape index (κ2) is 5.68. The Balaban J connectivity index is 2.31. The topological polar surface area (TPSA) is 75.2 Å². The molecule has 0 spiro atoms. The van der Waals surface area contributed by atoms with Crippen LogP contribution in [0.3, 0.4) is 0 Å². The van der Waals surface area contributed by atoms with Gasteiger partial charge in [0.2, 0.25) is 0 Å². The Labute approximate surface area is 133 Å². The van der Waals surface area contributed by atoms with Gasteiger partial charge in [0.15, 0.2) is 11.5 Å². The molecule has 0 unspecified atom stereocenters. The fourth-order valence-corrected chi connectivity index (χ4v) is 2.73. The van der Waals surface area contributed by atoms with Gasteiger partial charge in [0, 0.05) is 17.0 Å². The molecule has 23 heavy (non-hydrogen) atoms. The standard InChI is InChI=1S/C18H17NO4/c1-10-6-11(2)18-13(19-21)9-15(23-17(18)7-10)12-4-5-14(20)16(8-12)22-3/h4-9,20-21H,1-3H3/b19-13+. The van der Waals surface area contributed by atoms with Gasteiger partial charge < -0.3 is 19.5 Å². The summed E-state index contributed by atoms with van der Waals surface area (Å²) in [5, 5.41) is 23.7. The van der Waals surface area contributed by atoms with E-state index in [0.717, 1.165) is 16.5 Å². The molecule has 3 aromatic rings. The maximum absolute atomic E-state index is 9.71. The van der Waals surface area contributed by atoms with Crippen LogP contribution in [0.1, 0.15) is 11.1 Å². The highest BCUT2D eigenvalue weighted by Gasteiger charge is 2.11. The number of hydrogen-bond donors (Lipinski definition) is 2. The Hall–Kier alpha value is -2.95. The summed E-state index contributed by atoms with van der Waals surface area (Å²) in [7, 11) is 1.48. The molecule has 1 heterocycles. The van der Waals surface area contributed by atoms with Crippen molar-refractivity contribution >= 4 is 11.0 Å². The molecule has 0 saturated heterocycles. The molecule has 0 aliphatic carbocycles. The zero-order chi connectivity index (χ0) is 16.6. The molecule has 118 valence electrons. The number of fused-ring (bicyclic) bond motifs is 1. The lowest BCUT2D eigenvalue weighted by Gasteiger charge is -2.09. The van der Waals surface area contributed by atoms with Crippen LogP contribution in [0.2, 0.25) is 0 Å². The average Bonchev–Trinajstić information content (AvgIpc) is 2.53. The minimum Gasteiger partial charge on any atom is -0.504 e. The minimum atomic E-state index is 0.0517. The highest BCUT2D eigenvalue weighted by Crippen LogP contribution is 2.32. The SMILES string of the molecule is COc1cc(-c2c/c(=N\O)c3c(C)cc(C)cc3o2)ccc1O. The van der Waals surface area contributed by atoms with Crippen molar-refractivity contribution in [1.82, 2.24) is 0 Å². The molecular formula is C18H17NO4. The smallest absolute Gasteiger partial charge is 0.161 e. The van der Waals surface area contributed by atoms with Crippen LogP contribution in [-0.2, 0) is 0 Å². The molecule has 0 saturated carbocycles. The highest BCUT2D eigenvalue weighted by molar-refractivity contribution is 5.82. The van der Waals surface area contributed by atoms with E-state index >= 15 is 0 Å². The van der Waals surface area contributed by atoms with Crippen LogP contribution in [0, 0.1) is 13.8 Å². The number of nitrogens with zero attached hydrogens (tertiary/aromatic N) is 1. The van der Waals surface area contributed by atoms with E-state index in [4.69, 9.17) is 9.15 Å². The summed E-state index contributed by atoms with van der Waals surface area (Å²) in [6, 6.07) is 10.5. The highest BCUT2D eigenvalue weighted by atomic mass is 16.5. The van der Waals surface area contributed by atoms with Gasteiger partial charge in [-0.15, -0.1) is 0 Å². The first-order valence-electron chi connectivity index (χ1n) is 7.14. The number of rotatable bonds is 2. The van der Waals surface area contributed by atoms with Crippen LogP contribution in [0.4, 0.5) is 0 Å². The van der Waals surface area contributed by atoms with E-state index in [9.17, 15) is 10.3 Å². The van der Waals surface area contributed by atoms with Gasteiger partial charge in [-0.25, -0.2) is 0 Å². The molecule has 0 amide bonds. The van der Waals surface area contributed by atoms with Gasteiger partial charge in [-0.05, 0) is 49.2 Å². The second-order valence-electron chi connectivity index (χ2n) is 5.44. The summed E-state index contributed by atoms with van der Waals surface area (Å²) in [6.45, 7) is 3.93. The van der Waals surface area contributed by atoms with Crippen LogP contribution in [0.5, 0.6) is 11.5 Å². The van der Waals surface area contributed by atoms with Gasteiger partial charge >= 0.3 is 0 Å². The normalized spacial score (nSPS) is 11.9. The molecule has 0 aliphatic rings. The maximum Gasteiger partial charge on any atom is 0.161 e. The summed E-state index contributed by atoms with van der Waals surface area (Å²) < 4.78 is 11.1. The van der Waals surface area contributed by atoms with Gasteiger partial charge in [-0.2, -0.15) is 0 Å². The van der Waals surface area contributed by atoms with E-state index in [1.54, 1.807) is 18.2 Å². The molecule has 0 atom stereocenters. The molecule has 0 bridgehead atoms. The van der Waals surface area contributed by atoms with E-state index < -0.39 is 0 Å². The summed E-state index contributed by atoms with van der Waals surface area (Å²) in [5.41, 5.74) is 3.39. The quantitative estimate of drug-likeness (QED) is 0.558. The first kappa shape index (κ1) is 15.0. The second-order valence-corrected chi connectivity index (χ2v) is 5.44. The number of hydrogen-bond acceptors (Lipinski definition) is 5. The number of methoxy groups -OCH3 is 1. The van der Waals surface area contributed by atoms with Gasteiger partial charge in [-0.1, -0.05) is 11.2 Å². The number of ether oxygens (including phenoxy) is 1. The molecule has 5 nitrogen and oxygen atoms in total. The Morgan fingerprint density at radius 1 is 1.09 bits per heavy atom. The lowest BCUT2D eigenvalue weighted by Crippen LogP contribution is -2.05. The van der Waals surface area contributed by atoms with Gasteiger partial charge in [-0.3, -0.25) is 0 Å². The summed E-state index contributed by atoms with van der Waals surface area (Å²) in [6.07, 6.45) is 0. The Morgan fingerprint density at radius 3 is 2.57 bits per heavy atom. The fourth-order valence-electron chi connectivity index (χ4n) is 2.73.